The van der Waals surface area contributed by atoms with Gasteiger partial charge in [0.15, 0.2) is 0 Å². The molecule has 0 spiro atoms. The lowest BCUT2D eigenvalue weighted by Gasteiger charge is -2.23. The Bertz CT molecular complexity index is 575. The van der Waals surface area contributed by atoms with Crippen LogP contribution in [0.25, 0.3) is 0 Å². The summed E-state index contributed by atoms with van der Waals surface area (Å²) in [5, 5.41) is 2.60. The van der Waals surface area contributed by atoms with Gasteiger partial charge < -0.3 is 5.32 Å². The molecule has 1 amide bonds. The van der Waals surface area contributed by atoms with Crippen molar-refractivity contribution in [2.45, 2.75) is 39.3 Å². The minimum Gasteiger partial charge on any atom is -0.326 e. The van der Waals surface area contributed by atoms with Gasteiger partial charge in [-0.3, -0.25) is 4.79 Å². The van der Waals surface area contributed by atoms with Crippen molar-refractivity contribution in [1.82, 2.24) is 0 Å². The van der Waals surface area contributed by atoms with E-state index in [9.17, 15) is 18.0 Å². The SMILES string of the molecule is CC1=C(C)CC(C(=O)Nc2cccc(C(F)(F)F)c2)CC1. The van der Waals surface area contributed by atoms with E-state index in [0.29, 0.717) is 6.42 Å². The Labute approximate surface area is 122 Å². The quantitative estimate of drug-likeness (QED) is 0.782. The molecular formula is C16H18F3NO. The summed E-state index contributed by atoms with van der Waals surface area (Å²) < 4.78 is 37.9. The summed E-state index contributed by atoms with van der Waals surface area (Å²) in [5.41, 5.74) is 1.94. The molecule has 0 saturated carbocycles. The highest BCUT2D eigenvalue weighted by Crippen LogP contribution is 2.32. The van der Waals surface area contributed by atoms with Crippen LogP contribution in [0.3, 0.4) is 0 Å². The fraction of sp³-hybridized carbons (Fsp3) is 0.438. The first kappa shape index (κ1) is 15.6. The molecule has 0 aromatic heterocycles. The van der Waals surface area contributed by atoms with Gasteiger partial charge in [-0.1, -0.05) is 17.2 Å². The van der Waals surface area contributed by atoms with Gasteiger partial charge in [0.25, 0.3) is 0 Å². The highest BCUT2D eigenvalue weighted by atomic mass is 19.4. The van der Waals surface area contributed by atoms with Crippen LogP contribution in [0, 0.1) is 5.92 Å². The normalized spacial score (nSPS) is 19.6. The number of anilines is 1. The van der Waals surface area contributed by atoms with E-state index in [1.807, 2.05) is 6.92 Å². The van der Waals surface area contributed by atoms with Crippen LogP contribution in [-0.2, 0) is 11.0 Å². The molecule has 1 aliphatic rings. The zero-order chi connectivity index (χ0) is 15.6. The second kappa shape index (κ2) is 5.92. The number of rotatable bonds is 2. The summed E-state index contributed by atoms with van der Waals surface area (Å²) >= 11 is 0. The van der Waals surface area contributed by atoms with E-state index in [4.69, 9.17) is 0 Å². The van der Waals surface area contributed by atoms with Crippen LogP contribution in [0.2, 0.25) is 0 Å². The standard InChI is InChI=1S/C16H18F3NO/c1-10-6-7-12(8-11(10)2)15(21)20-14-5-3-4-13(9-14)16(17,18)19/h3-5,9,12H,6-8H2,1-2H3,(H,20,21). The van der Waals surface area contributed by atoms with Crippen LogP contribution in [0.1, 0.15) is 38.7 Å². The number of nitrogens with one attached hydrogen (secondary N) is 1. The first-order valence-corrected chi connectivity index (χ1v) is 6.90. The van der Waals surface area contributed by atoms with Crippen molar-refractivity contribution in [3.8, 4) is 0 Å². The molecule has 0 saturated heterocycles. The third-order valence-electron chi connectivity index (χ3n) is 3.98. The molecule has 1 aromatic rings. The van der Waals surface area contributed by atoms with Gasteiger partial charge in [0.05, 0.1) is 5.56 Å². The fourth-order valence-corrected chi connectivity index (χ4v) is 2.49. The van der Waals surface area contributed by atoms with Crippen molar-refractivity contribution in [3.05, 3.63) is 41.0 Å². The van der Waals surface area contributed by atoms with E-state index in [-0.39, 0.29) is 17.5 Å². The number of hydrogen-bond acceptors (Lipinski definition) is 1. The monoisotopic (exact) mass is 297 g/mol. The third kappa shape index (κ3) is 3.86. The zero-order valence-corrected chi connectivity index (χ0v) is 12.1. The van der Waals surface area contributed by atoms with Crippen LogP contribution in [0.5, 0.6) is 0 Å². The van der Waals surface area contributed by atoms with Crippen LogP contribution in [-0.4, -0.2) is 5.91 Å². The third-order valence-corrected chi connectivity index (χ3v) is 3.98. The number of amides is 1. The van der Waals surface area contributed by atoms with Gasteiger partial charge in [0, 0.05) is 11.6 Å². The predicted octanol–water partition coefficient (Wildman–Crippen LogP) is 4.78. The van der Waals surface area contributed by atoms with Crippen molar-refractivity contribution in [2.24, 2.45) is 5.92 Å². The Morgan fingerprint density at radius 2 is 1.95 bits per heavy atom. The van der Waals surface area contributed by atoms with Crippen LogP contribution < -0.4 is 5.32 Å². The first-order valence-electron chi connectivity index (χ1n) is 6.90. The molecule has 1 N–H and O–H groups in total. The van der Waals surface area contributed by atoms with E-state index >= 15 is 0 Å². The molecule has 1 atom stereocenters. The molecule has 0 fully saturated rings. The van der Waals surface area contributed by atoms with Crippen molar-refractivity contribution in [2.75, 3.05) is 5.32 Å². The minimum atomic E-state index is -4.40. The van der Waals surface area contributed by atoms with Crippen LogP contribution >= 0.6 is 0 Å². The number of hydrogen-bond donors (Lipinski definition) is 1. The molecule has 5 heteroatoms. The van der Waals surface area contributed by atoms with E-state index in [1.165, 1.54) is 23.3 Å². The summed E-state index contributed by atoms with van der Waals surface area (Å²) in [6, 6.07) is 4.74. The van der Waals surface area contributed by atoms with Gasteiger partial charge >= 0.3 is 6.18 Å². The second-order valence-corrected chi connectivity index (χ2v) is 5.57. The molecule has 0 bridgehead atoms. The summed E-state index contributed by atoms with van der Waals surface area (Å²) in [7, 11) is 0. The zero-order valence-electron chi connectivity index (χ0n) is 12.1. The van der Waals surface area contributed by atoms with Crippen molar-refractivity contribution >= 4 is 11.6 Å². The number of halogens is 3. The molecule has 21 heavy (non-hydrogen) atoms. The van der Waals surface area contributed by atoms with E-state index in [1.54, 1.807) is 0 Å². The van der Waals surface area contributed by atoms with Crippen LogP contribution in [0.4, 0.5) is 18.9 Å². The van der Waals surface area contributed by atoms with E-state index < -0.39 is 11.7 Å². The van der Waals surface area contributed by atoms with Gasteiger partial charge in [0.2, 0.25) is 5.91 Å². The lowest BCUT2D eigenvalue weighted by atomic mass is 9.84. The van der Waals surface area contributed by atoms with Crippen molar-refractivity contribution in [1.29, 1.82) is 0 Å². The Balaban J connectivity index is 2.07. The van der Waals surface area contributed by atoms with E-state index in [2.05, 4.69) is 12.2 Å². The van der Waals surface area contributed by atoms with Crippen LogP contribution in [0.15, 0.2) is 35.4 Å². The van der Waals surface area contributed by atoms with E-state index in [0.717, 1.165) is 25.0 Å². The highest BCUT2D eigenvalue weighted by molar-refractivity contribution is 5.92. The molecule has 0 aliphatic heterocycles. The Hall–Kier alpha value is -1.78. The molecule has 0 radical (unpaired) electrons. The van der Waals surface area contributed by atoms with Crippen molar-refractivity contribution < 1.29 is 18.0 Å². The predicted molar refractivity (Wildman–Crippen MR) is 75.8 cm³/mol. The Kier molecular flexibility index (Phi) is 4.40. The largest absolute Gasteiger partial charge is 0.416 e. The smallest absolute Gasteiger partial charge is 0.326 e. The summed E-state index contributed by atoms with van der Waals surface area (Å²) in [6.07, 6.45) is -2.11. The average Bonchev–Trinajstić information content (AvgIpc) is 2.41. The first-order chi connectivity index (χ1) is 9.77. The fourth-order valence-electron chi connectivity index (χ4n) is 2.49. The number of benzene rings is 1. The maximum Gasteiger partial charge on any atom is 0.416 e. The second-order valence-electron chi connectivity index (χ2n) is 5.57. The molecule has 0 heterocycles. The number of alkyl halides is 3. The van der Waals surface area contributed by atoms with Crippen molar-refractivity contribution in [3.63, 3.8) is 0 Å². The molecule has 2 nitrogen and oxygen atoms in total. The van der Waals surface area contributed by atoms with Gasteiger partial charge in [-0.2, -0.15) is 13.2 Å². The van der Waals surface area contributed by atoms with Gasteiger partial charge in [-0.25, -0.2) is 0 Å². The Morgan fingerprint density at radius 3 is 2.57 bits per heavy atom. The van der Waals surface area contributed by atoms with Gasteiger partial charge in [0.1, 0.15) is 0 Å². The summed E-state index contributed by atoms with van der Waals surface area (Å²) in [4.78, 5) is 12.2. The maximum atomic E-state index is 12.6. The lowest BCUT2D eigenvalue weighted by molar-refractivity contribution is -0.137. The average molecular weight is 297 g/mol. The summed E-state index contributed by atoms with van der Waals surface area (Å²) in [6.45, 7) is 4.05. The van der Waals surface area contributed by atoms with Gasteiger partial charge in [-0.15, -0.1) is 0 Å². The molecule has 114 valence electrons. The molecule has 1 aromatic carbocycles. The molecular weight excluding hydrogens is 279 g/mol. The molecule has 2 rings (SSSR count). The minimum absolute atomic E-state index is 0.164. The highest BCUT2D eigenvalue weighted by Gasteiger charge is 2.31. The summed E-state index contributed by atoms with van der Waals surface area (Å²) in [5.74, 6) is -0.371. The number of carbonyl (C=O) groups is 1. The number of carbonyl (C=O) groups excluding carboxylic acids is 1. The number of allylic oxidation sites excluding steroid dienone is 2. The lowest BCUT2D eigenvalue weighted by Crippen LogP contribution is -2.25. The molecule has 1 aliphatic carbocycles. The topological polar surface area (TPSA) is 29.1 Å². The Morgan fingerprint density at radius 1 is 1.24 bits per heavy atom. The van der Waals surface area contributed by atoms with Gasteiger partial charge in [-0.05, 0) is 51.3 Å². The molecule has 1 unspecified atom stereocenters. The maximum absolute atomic E-state index is 12.6.